The molecule has 0 aliphatic heterocycles. The summed E-state index contributed by atoms with van der Waals surface area (Å²) in [5, 5.41) is 23.3. The highest BCUT2D eigenvalue weighted by molar-refractivity contribution is 7.99. The van der Waals surface area contributed by atoms with E-state index in [1.165, 1.54) is 17.8 Å². The number of rotatable bonds is 8. The molecule has 2 heterocycles. The van der Waals surface area contributed by atoms with Crippen molar-refractivity contribution in [3.8, 4) is 17.1 Å². The Kier molecular flexibility index (Phi) is 7.21. The zero-order valence-electron chi connectivity index (χ0n) is 19.5. The number of benzene rings is 2. The van der Waals surface area contributed by atoms with Crippen LogP contribution in [0.4, 0.5) is 11.4 Å². The van der Waals surface area contributed by atoms with E-state index >= 15 is 0 Å². The lowest BCUT2D eigenvalue weighted by Gasteiger charge is -2.17. The van der Waals surface area contributed by atoms with Crippen molar-refractivity contribution in [1.29, 1.82) is 0 Å². The molecule has 0 saturated carbocycles. The van der Waals surface area contributed by atoms with Crippen LogP contribution in [0.25, 0.3) is 17.1 Å². The average molecular weight is 489 g/mol. The molecule has 10 heteroatoms. The molecule has 0 bridgehead atoms. The van der Waals surface area contributed by atoms with E-state index in [2.05, 4.69) is 40.4 Å². The zero-order valence-corrected chi connectivity index (χ0v) is 20.3. The molecule has 0 unspecified atom stereocenters. The number of amides is 1. The Morgan fingerprint density at radius 2 is 1.91 bits per heavy atom. The van der Waals surface area contributed by atoms with Crippen LogP contribution in [0.1, 0.15) is 30.9 Å². The van der Waals surface area contributed by atoms with E-state index in [4.69, 9.17) is 0 Å². The summed E-state index contributed by atoms with van der Waals surface area (Å²) in [6.45, 7) is 5.85. The van der Waals surface area contributed by atoms with Gasteiger partial charge in [-0.15, -0.1) is 10.2 Å². The Labute approximate surface area is 206 Å². The number of pyridine rings is 1. The highest BCUT2D eigenvalue weighted by Gasteiger charge is 2.21. The van der Waals surface area contributed by atoms with Crippen LogP contribution in [0, 0.1) is 17.0 Å². The molecule has 35 heavy (non-hydrogen) atoms. The molecule has 0 aliphatic carbocycles. The molecule has 1 N–H and O–H groups in total. The van der Waals surface area contributed by atoms with Gasteiger partial charge in [0.1, 0.15) is 0 Å². The summed E-state index contributed by atoms with van der Waals surface area (Å²) < 4.78 is 1.95. The van der Waals surface area contributed by atoms with E-state index in [-0.39, 0.29) is 23.3 Å². The fourth-order valence-electron chi connectivity index (χ4n) is 3.72. The molecule has 0 aliphatic rings. The zero-order chi connectivity index (χ0) is 24.9. The normalized spacial score (nSPS) is 11.0. The molecule has 0 radical (unpaired) electrons. The van der Waals surface area contributed by atoms with Crippen molar-refractivity contribution in [2.45, 2.75) is 31.8 Å². The smallest absolute Gasteiger partial charge is 0.274 e. The number of aromatic nitrogens is 4. The first-order valence-corrected chi connectivity index (χ1v) is 12.0. The molecule has 2 aromatic heterocycles. The summed E-state index contributed by atoms with van der Waals surface area (Å²) in [4.78, 5) is 27.7. The van der Waals surface area contributed by atoms with Crippen molar-refractivity contribution in [3.63, 3.8) is 0 Å². The Morgan fingerprint density at radius 1 is 1.11 bits per heavy atom. The fraction of sp³-hybridized carbons (Fsp3) is 0.200. The molecule has 0 spiro atoms. The van der Waals surface area contributed by atoms with Gasteiger partial charge in [0.25, 0.3) is 5.69 Å². The van der Waals surface area contributed by atoms with E-state index in [1.807, 2.05) is 34.9 Å². The number of carbonyl (C=O) groups excluding carboxylic acids is 1. The van der Waals surface area contributed by atoms with Gasteiger partial charge in [-0.25, -0.2) is 0 Å². The van der Waals surface area contributed by atoms with Crippen molar-refractivity contribution in [3.05, 3.63) is 88.2 Å². The third kappa shape index (κ3) is 5.22. The van der Waals surface area contributed by atoms with Gasteiger partial charge in [-0.1, -0.05) is 49.9 Å². The minimum atomic E-state index is -0.464. The number of hydrogen-bond donors (Lipinski definition) is 1. The summed E-state index contributed by atoms with van der Waals surface area (Å²) in [5.41, 5.74) is 3.64. The molecule has 4 aromatic rings. The van der Waals surface area contributed by atoms with Gasteiger partial charge in [-0.05, 0) is 42.7 Å². The lowest BCUT2D eigenvalue weighted by Crippen LogP contribution is -2.16. The number of nitrogens with one attached hydrogen (secondary N) is 1. The van der Waals surface area contributed by atoms with Crippen LogP contribution in [0.2, 0.25) is 0 Å². The average Bonchev–Trinajstić information content (AvgIpc) is 3.28. The van der Waals surface area contributed by atoms with Crippen LogP contribution >= 0.6 is 11.8 Å². The van der Waals surface area contributed by atoms with Crippen molar-refractivity contribution in [2.24, 2.45) is 0 Å². The summed E-state index contributed by atoms with van der Waals surface area (Å²) in [6.07, 6.45) is 3.42. The van der Waals surface area contributed by atoms with Crippen molar-refractivity contribution < 1.29 is 9.72 Å². The molecule has 1 amide bonds. The predicted octanol–water partition coefficient (Wildman–Crippen LogP) is 5.40. The Balaban J connectivity index is 1.64. The van der Waals surface area contributed by atoms with E-state index in [0.717, 1.165) is 16.8 Å². The molecule has 0 saturated heterocycles. The van der Waals surface area contributed by atoms with E-state index in [0.29, 0.717) is 22.2 Å². The monoisotopic (exact) mass is 488 g/mol. The van der Waals surface area contributed by atoms with Crippen molar-refractivity contribution in [2.75, 3.05) is 11.1 Å². The van der Waals surface area contributed by atoms with Crippen molar-refractivity contribution in [1.82, 2.24) is 19.7 Å². The van der Waals surface area contributed by atoms with Gasteiger partial charge in [0.05, 0.1) is 27.6 Å². The second kappa shape index (κ2) is 10.5. The molecule has 0 fully saturated rings. The Bertz CT molecular complexity index is 1370. The maximum Gasteiger partial charge on any atom is 0.274 e. The summed E-state index contributed by atoms with van der Waals surface area (Å²) in [5.74, 6) is 0.641. The van der Waals surface area contributed by atoms with Crippen LogP contribution in [-0.2, 0) is 4.79 Å². The molecular formula is C25H24N6O3S. The van der Waals surface area contributed by atoms with E-state index < -0.39 is 4.92 Å². The maximum absolute atomic E-state index is 12.7. The molecule has 178 valence electrons. The van der Waals surface area contributed by atoms with Gasteiger partial charge in [-0.3, -0.25) is 24.5 Å². The van der Waals surface area contributed by atoms with Crippen LogP contribution in [0.15, 0.2) is 72.1 Å². The third-order valence-corrected chi connectivity index (χ3v) is 6.39. The minimum Gasteiger partial charge on any atom is -0.325 e. The molecule has 2 aromatic carbocycles. The SMILES string of the molecule is Cc1c(NC(=O)CSc2nnc(-c3cccnc3)n2-c2ccccc2C(C)C)cccc1[N+](=O)[O-]. The highest BCUT2D eigenvalue weighted by atomic mass is 32.2. The van der Waals surface area contributed by atoms with Crippen LogP contribution in [0.5, 0.6) is 0 Å². The fourth-order valence-corrected chi connectivity index (χ4v) is 4.46. The Morgan fingerprint density at radius 3 is 2.63 bits per heavy atom. The maximum atomic E-state index is 12.7. The first-order chi connectivity index (χ1) is 16.9. The molecule has 9 nitrogen and oxygen atoms in total. The van der Waals surface area contributed by atoms with Crippen LogP contribution < -0.4 is 5.32 Å². The van der Waals surface area contributed by atoms with Gasteiger partial charge in [0.2, 0.25) is 5.91 Å². The molecular weight excluding hydrogens is 464 g/mol. The third-order valence-electron chi connectivity index (χ3n) is 5.46. The topological polar surface area (TPSA) is 116 Å². The summed E-state index contributed by atoms with van der Waals surface area (Å²) in [6, 6.07) is 16.4. The molecule has 4 rings (SSSR count). The first kappa shape index (κ1) is 24.1. The number of thioether (sulfide) groups is 1. The number of hydrogen-bond acceptors (Lipinski definition) is 7. The lowest BCUT2D eigenvalue weighted by molar-refractivity contribution is -0.385. The summed E-state index contributed by atoms with van der Waals surface area (Å²) >= 11 is 1.24. The van der Waals surface area contributed by atoms with Crippen LogP contribution in [-0.4, -0.2) is 36.3 Å². The van der Waals surface area contributed by atoms with E-state index in [9.17, 15) is 14.9 Å². The highest BCUT2D eigenvalue weighted by Crippen LogP contribution is 2.32. The molecule has 0 atom stereocenters. The van der Waals surface area contributed by atoms with Crippen LogP contribution in [0.3, 0.4) is 0 Å². The number of carbonyl (C=O) groups is 1. The Hall–Kier alpha value is -4.05. The number of nitro groups is 1. The van der Waals surface area contributed by atoms with Gasteiger partial charge in [0, 0.05) is 24.0 Å². The number of nitrogens with zero attached hydrogens (tertiary/aromatic N) is 5. The summed E-state index contributed by atoms with van der Waals surface area (Å²) in [7, 11) is 0. The number of para-hydroxylation sites is 1. The van der Waals surface area contributed by atoms with Gasteiger partial charge < -0.3 is 5.32 Å². The van der Waals surface area contributed by atoms with Gasteiger partial charge in [0.15, 0.2) is 11.0 Å². The van der Waals surface area contributed by atoms with Gasteiger partial charge >= 0.3 is 0 Å². The lowest BCUT2D eigenvalue weighted by atomic mass is 10.0. The number of anilines is 1. The van der Waals surface area contributed by atoms with E-state index in [1.54, 1.807) is 31.5 Å². The quantitative estimate of drug-likeness (QED) is 0.200. The first-order valence-electron chi connectivity index (χ1n) is 11.0. The largest absolute Gasteiger partial charge is 0.325 e. The second-order valence-corrected chi connectivity index (χ2v) is 9.08. The number of nitro benzene ring substituents is 1. The second-order valence-electron chi connectivity index (χ2n) is 8.14. The standard InChI is InChI=1S/C25H24N6O3S/c1-16(2)19-9-4-5-11-22(19)30-24(18-8-7-13-26-14-18)28-29-25(30)35-15-23(32)27-20-10-6-12-21(17(20)3)31(33)34/h4-14,16H,15H2,1-3H3,(H,27,32). The van der Waals surface area contributed by atoms with Crippen molar-refractivity contribution >= 4 is 29.0 Å². The van der Waals surface area contributed by atoms with Gasteiger partial charge in [-0.2, -0.15) is 0 Å². The predicted molar refractivity (Wildman–Crippen MR) is 136 cm³/mol. The minimum absolute atomic E-state index is 0.0402.